The van der Waals surface area contributed by atoms with Crippen LogP contribution in [0.2, 0.25) is 0 Å². The second kappa shape index (κ2) is 11.5. The lowest BCUT2D eigenvalue weighted by molar-refractivity contribution is 0.0123. The SMILES string of the molecule is CN(C)C/C=C/C(O)N1CCC[C@@H](n2nc(-c3ccc(OC4Cc5ccccc5C4)cc3)c3c(N)n[nH]c(=O)c32)C1. The van der Waals surface area contributed by atoms with Crippen molar-refractivity contribution in [3.05, 3.63) is 82.2 Å². The van der Waals surface area contributed by atoms with E-state index >= 15 is 0 Å². The van der Waals surface area contributed by atoms with Gasteiger partial charge in [-0.05, 0) is 68.4 Å². The van der Waals surface area contributed by atoms with Gasteiger partial charge < -0.3 is 20.5 Å². The van der Waals surface area contributed by atoms with Crippen molar-refractivity contribution >= 4 is 16.7 Å². The number of nitrogens with zero attached hydrogens (tertiary/aromatic N) is 5. The molecule has 0 saturated carbocycles. The molecule has 214 valence electrons. The zero-order chi connectivity index (χ0) is 28.5. The summed E-state index contributed by atoms with van der Waals surface area (Å²) >= 11 is 0. The molecule has 10 nitrogen and oxygen atoms in total. The Hall–Kier alpha value is -3.99. The van der Waals surface area contributed by atoms with E-state index in [1.807, 2.05) is 60.3 Å². The molecule has 1 aliphatic carbocycles. The van der Waals surface area contributed by atoms with Crippen LogP contribution in [0.4, 0.5) is 5.82 Å². The van der Waals surface area contributed by atoms with Gasteiger partial charge in [-0.15, -0.1) is 0 Å². The summed E-state index contributed by atoms with van der Waals surface area (Å²) in [4.78, 5) is 17.1. The van der Waals surface area contributed by atoms with E-state index in [2.05, 4.69) is 34.5 Å². The number of hydrogen-bond acceptors (Lipinski definition) is 8. The van der Waals surface area contributed by atoms with Gasteiger partial charge >= 0.3 is 0 Å². The number of aromatic nitrogens is 4. The van der Waals surface area contributed by atoms with E-state index in [4.69, 9.17) is 15.6 Å². The number of likely N-dealkylation sites (N-methyl/N-ethyl adjacent to an activating group) is 1. The Balaban J connectivity index is 1.26. The maximum absolute atomic E-state index is 13.1. The molecule has 2 aromatic heterocycles. The maximum atomic E-state index is 13.1. The fourth-order valence-electron chi connectivity index (χ4n) is 6.00. The third-order valence-corrected chi connectivity index (χ3v) is 8.03. The number of benzene rings is 2. The Bertz CT molecular complexity index is 1580. The number of H-pyrrole nitrogens is 1. The average Bonchev–Trinajstić information content (AvgIpc) is 3.58. The molecule has 0 radical (unpaired) electrons. The van der Waals surface area contributed by atoms with Gasteiger partial charge in [0.05, 0.1) is 11.4 Å². The molecule has 4 aromatic rings. The zero-order valence-electron chi connectivity index (χ0n) is 23.5. The van der Waals surface area contributed by atoms with Gasteiger partial charge in [-0.1, -0.05) is 30.3 Å². The van der Waals surface area contributed by atoms with Crippen molar-refractivity contribution in [2.75, 3.05) is 39.5 Å². The van der Waals surface area contributed by atoms with Crippen LogP contribution in [0, 0.1) is 0 Å². The van der Waals surface area contributed by atoms with Crippen LogP contribution < -0.4 is 16.0 Å². The van der Waals surface area contributed by atoms with Crippen LogP contribution in [0.25, 0.3) is 22.2 Å². The molecule has 0 bridgehead atoms. The van der Waals surface area contributed by atoms with Crippen molar-refractivity contribution in [3.8, 4) is 17.0 Å². The first-order valence-electron chi connectivity index (χ1n) is 14.2. The van der Waals surface area contributed by atoms with Gasteiger partial charge in [0.15, 0.2) is 5.82 Å². The van der Waals surface area contributed by atoms with Crippen molar-refractivity contribution in [2.24, 2.45) is 0 Å². The maximum Gasteiger partial charge on any atom is 0.290 e. The molecule has 10 heteroatoms. The molecular formula is C31H37N7O3. The zero-order valence-corrected chi connectivity index (χ0v) is 23.5. The summed E-state index contributed by atoms with van der Waals surface area (Å²) in [6.07, 6.45) is 6.69. The third kappa shape index (κ3) is 5.63. The number of nitrogens with one attached hydrogen (secondary N) is 1. The highest BCUT2D eigenvalue weighted by Gasteiger charge is 2.29. The van der Waals surface area contributed by atoms with Crippen LogP contribution in [-0.2, 0) is 12.8 Å². The lowest BCUT2D eigenvalue weighted by Gasteiger charge is -2.35. The van der Waals surface area contributed by atoms with Crippen molar-refractivity contribution in [2.45, 2.75) is 44.1 Å². The first kappa shape index (κ1) is 27.2. The molecule has 0 amide bonds. The van der Waals surface area contributed by atoms with Crippen LogP contribution in [0.15, 0.2) is 65.5 Å². The summed E-state index contributed by atoms with van der Waals surface area (Å²) < 4.78 is 8.08. The number of fused-ring (bicyclic) bond motifs is 2. The number of aromatic amines is 1. The fourth-order valence-corrected chi connectivity index (χ4v) is 6.00. The van der Waals surface area contributed by atoms with Crippen molar-refractivity contribution < 1.29 is 9.84 Å². The van der Waals surface area contributed by atoms with Gasteiger partial charge in [0.2, 0.25) is 0 Å². The lowest BCUT2D eigenvalue weighted by atomic mass is 10.1. The van der Waals surface area contributed by atoms with E-state index in [9.17, 15) is 9.90 Å². The fraction of sp³-hybridized carbons (Fsp3) is 0.387. The summed E-state index contributed by atoms with van der Waals surface area (Å²) in [6.45, 7) is 2.08. The summed E-state index contributed by atoms with van der Waals surface area (Å²) in [7, 11) is 3.98. The van der Waals surface area contributed by atoms with Gasteiger partial charge in [-0.2, -0.15) is 10.2 Å². The van der Waals surface area contributed by atoms with Crippen LogP contribution in [0.5, 0.6) is 5.75 Å². The molecule has 6 rings (SSSR count). The van der Waals surface area contributed by atoms with Gasteiger partial charge in [-0.25, -0.2) is 5.10 Å². The molecule has 2 aliphatic rings. The Morgan fingerprint density at radius 3 is 2.61 bits per heavy atom. The summed E-state index contributed by atoms with van der Waals surface area (Å²) in [5.41, 5.74) is 10.5. The van der Waals surface area contributed by atoms with E-state index in [-0.39, 0.29) is 23.5 Å². The number of anilines is 1. The predicted molar refractivity (Wildman–Crippen MR) is 160 cm³/mol. The predicted octanol–water partition coefficient (Wildman–Crippen LogP) is 2.99. The van der Waals surface area contributed by atoms with Crippen LogP contribution in [0.1, 0.15) is 30.0 Å². The number of rotatable bonds is 8. The second-order valence-electron chi connectivity index (χ2n) is 11.3. The number of likely N-dealkylation sites (tertiary alicyclic amines) is 1. The minimum Gasteiger partial charge on any atom is -0.490 e. The van der Waals surface area contributed by atoms with Gasteiger partial charge in [-0.3, -0.25) is 14.4 Å². The first-order valence-corrected chi connectivity index (χ1v) is 14.2. The van der Waals surface area contributed by atoms with Gasteiger partial charge in [0.25, 0.3) is 5.56 Å². The monoisotopic (exact) mass is 555 g/mol. The minimum atomic E-state index is -0.704. The number of ether oxygens (including phenoxy) is 1. The van der Waals surface area contributed by atoms with E-state index in [0.29, 0.717) is 23.1 Å². The molecule has 2 aromatic carbocycles. The molecule has 1 unspecified atom stereocenters. The van der Waals surface area contributed by atoms with E-state index < -0.39 is 6.23 Å². The largest absolute Gasteiger partial charge is 0.490 e. The smallest absolute Gasteiger partial charge is 0.290 e. The number of aliphatic hydroxyl groups excluding tert-OH is 1. The molecule has 1 aliphatic heterocycles. The molecule has 0 spiro atoms. The Morgan fingerprint density at radius 2 is 1.90 bits per heavy atom. The number of hydrogen-bond donors (Lipinski definition) is 3. The minimum absolute atomic E-state index is 0.105. The van der Waals surface area contributed by atoms with Gasteiger partial charge in [0, 0.05) is 38.0 Å². The summed E-state index contributed by atoms with van der Waals surface area (Å²) in [6, 6.07) is 16.2. The topological polar surface area (TPSA) is 126 Å². The van der Waals surface area contributed by atoms with Crippen molar-refractivity contribution in [1.29, 1.82) is 0 Å². The van der Waals surface area contributed by atoms with E-state index in [1.165, 1.54) is 11.1 Å². The first-order chi connectivity index (χ1) is 19.9. The average molecular weight is 556 g/mol. The highest BCUT2D eigenvalue weighted by molar-refractivity contribution is 5.99. The second-order valence-corrected chi connectivity index (χ2v) is 11.3. The Labute approximate surface area is 239 Å². The number of piperidine rings is 1. The molecular weight excluding hydrogens is 518 g/mol. The molecule has 4 N–H and O–H groups in total. The Morgan fingerprint density at radius 1 is 1.17 bits per heavy atom. The Kier molecular flexibility index (Phi) is 7.61. The lowest BCUT2D eigenvalue weighted by Crippen LogP contribution is -2.43. The van der Waals surface area contributed by atoms with Gasteiger partial charge in [0.1, 0.15) is 29.3 Å². The summed E-state index contributed by atoms with van der Waals surface area (Å²) in [5, 5.41) is 22.9. The normalized spacial score (nSPS) is 18.9. The van der Waals surface area contributed by atoms with Crippen molar-refractivity contribution in [3.63, 3.8) is 0 Å². The summed E-state index contributed by atoms with van der Waals surface area (Å²) in [5.74, 6) is 1.02. The van der Waals surface area contributed by atoms with E-state index in [0.717, 1.165) is 50.1 Å². The third-order valence-electron chi connectivity index (χ3n) is 8.03. The number of nitrogen functional groups attached to an aromatic ring is 1. The standard InChI is InChI=1S/C31H37N7O3/c1-36(2)15-6-10-26(39)37-16-5-9-23(19-37)38-29-27(30(32)33-34-31(29)40)28(35-38)20-11-13-24(14-12-20)41-25-17-21-7-3-4-8-22(21)18-25/h3-4,6-8,10-14,23,25-26,39H,5,9,15-19H2,1-2H3,(H2,32,33)(H,34,40)/b10-6+/t23-,26?/m1/s1. The number of nitrogens with two attached hydrogens (primary N) is 1. The van der Waals surface area contributed by atoms with E-state index in [1.54, 1.807) is 4.68 Å². The molecule has 1 saturated heterocycles. The highest BCUT2D eigenvalue weighted by atomic mass is 16.5. The number of aliphatic hydroxyl groups is 1. The van der Waals surface area contributed by atoms with Crippen LogP contribution in [-0.4, -0.2) is 80.9 Å². The quantitative estimate of drug-likeness (QED) is 0.284. The van der Waals surface area contributed by atoms with Crippen LogP contribution >= 0.6 is 0 Å². The van der Waals surface area contributed by atoms with Crippen molar-refractivity contribution in [1.82, 2.24) is 29.8 Å². The molecule has 41 heavy (non-hydrogen) atoms. The highest BCUT2D eigenvalue weighted by Crippen LogP contribution is 2.34. The molecule has 3 heterocycles. The van der Waals surface area contributed by atoms with Crippen LogP contribution in [0.3, 0.4) is 0 Å². The molecule has 2 atom stereocenters. The molecule has 1 fully saturated rings.